The Morgan fingerprint density at radius 3 is 2.47 bits per heavy atom. The van der Waals surface area contributed by atoms with Gasteiger partial charge in [0.2, 0.25) is 5.91 Å². The molecule has 3 amide bonds. The summed E-state index contributed by atoms with van der Waals surface area (Å²) < 4.78 is 0. The van der Waals surface area contributed by atoms with Gasteiger partial charge in [0.05, 0.1) is 6.42 Å². The molecule has 1 rings (SSSR count). The molecule has 0 radical (unpaired) electrons. The summed E-state index contributed by atoms with van der Waals surface area (Å²) in [5.74, 6) is -1.66. The van der Waals surface area contributed by atoms with Crippen LogP contribution in [0.5, 0.6) is 0 Å². The summed E-state index contributed by atoms with van der Waals surface area (Å²) in [6.07, 6.45) is 3.74. The van der Waals surface area contributed by atoms with Crippen molar-refractivity contribution >= 4 is 17.9 Å². The van der Waals surface area contributed by atoms with Crippen molar-refractivity contribution in [2.24, 2.45) is 11.7 Å². The highest BCUT2D eigenvalue weighted by Gasteiger charge is 2.26. The van der Waals surface area contributed by atoms with Gasteiger partial charge in [-0.25, -0.2) is 9.59 Å². The number of aliphatic carboxylic acids is 1. The van der Waals surface area contributed by atoms with Crippen molar-refractivity contribution in [3.63, 3.8) is 0 Å². The van der Waals surface area contributed by atoms with E-state index in [0.29, 0.717) is 5.92 Å². The van der Waals surface area contributed by atoms with E-state index in [0.717, 1.165) is 25.7 Å². The molecule has 0 bridgehead atoms. The number of hydrogen-bond acceptors (Lipinski definition) is 3. The molecule has 108 valence electrons. The van der Waals surface area contributed by atoms with E-state index in [1.807, 2.05) is 0 Å². The standard InChI is InChI=1S/C12H21N3O4/c1-7-4-2-3-5-8(7)14-12(19)15-9(11(17)18)6-10(13)16/h7-9H,2-6H2,1H3,(H2,13,16)(H,17,18)(H2,14,15,19)/t7?,8?,9-/m0/s1. The molecule has 1 saturated carbocycles. The Balaban J connectivity index is 2.47. The SMILES string of the molecule is CC1CCCCC1NC(=O)N[C@@H](CC(N)=O)C(=O)O. The fraction of sp³-hybridized carbons (Fsp3) is 0.750. The number of nitrogens with two attached hydrogens (primary N) is 1. The van der Waals surface area contributed by atoms with Crippen molar-refractivity contribution in [2.45, 2.75) is 51.1 Å². The zero-order valence-electron chi connectivity index (χ0n) is 11.0. The lowest BCUT2D eigenvalue weighted by Crippen LogP contribution is -2.51. The zero-order valence-corrected chi connectivity index (χ0v) is 11.0. The maximum Gasteiger partial charge on any atom is 0.326 e. The Kier molecular flexibility index (Phi) is 5.59. The third-order valence-electron chi connectivity index (χ3n) is 3.44. The van der Waals surface area contributed by atoms with Crippen molar-refractivity contribution in [3.8, 4) is 0 Å². The van der Waals surface area contributed by atoms with Gasteiger partial charge < -0.3 is 21.5 Å². The summed E-state index contributed by atoms with van der Waals surface area (Å²) in [6.45, 7) is 2.06. The van der Waals surface area contributed by atoms with Crippen LogP contribution in [-0.2, 0) is 9.59 Å². The van der Waals surface area contributed by atoms with Gasteiger partial charge in [0.25, 0.3) is 0 Å². The third kappa shape index (κ3) is 5.15. The minimum atomic E-state index is -1.28. The van der Waals surface area contributed by atoms with Gasteiger partial charge in [0.1, 0.15) is 6.04 Å². The number of carbonyl (C=O) groups excluding carboxylic acids is 2. The average molecular weight is 271 g/mol. The maximum absolute atomic E-state index is 11.7. The van der Waals surface area contributed by atoms with Gasteiger partial charge in [0, 0.05) is 6.04 Å². The number of hydrogen-bond donors (Lipinski definition) is 4. The van der Waals surface area contributed by atoms with Crippen molar-refractivity contribution in [1.82, 2.24) is 10.6 Å². The van der Waals surface area contributed by atoms with Crippen LogP contribution in [0.4, 0.5) is 4.79 Å². The summed E-state index contributed by atoms with van der Waals surface area (Å²) in [5, 5.41) is 13.9. The monoisotopic (exact) mass is 271 g/mol. The summed E-state index contributed by atoms with van der Waals surface area (Å²) in [7, 11) is 0. The molecule has 1 aliphatic carbocycles. The number of nitrogens with one attached hydrogen (secondary N) is 2. The van der Waals surface area contributed by atoms with Crippen LogP contribution in [-0.4, -0.2) is 35.1 Å². The predicted molar refractivity (Wildman–Crippen MR) is 68.3 cm³/mol. The van der Waals surface area contributed by atoms with E-state index in [4.69, 9.17) is 10.8 Å². The Morgan fingerprint density at radius 1 is 1.32 bits per heavy atom. The van der Waals surface area contributed by atoms with Crippen LogP contribution in [0.2, 0.25) is 0 Å². The van der Waals surface area contributed by atoms with Crippen molar-refractivity contribution < 1.29 is 19.5 Å². The molecule has 19 heavy (non-hydrogen) atoms. The first-order chi connectivity index (χ1) is 8.90. The van der Waals surface area contributed by atoms with E-state index in [-0.39, 0.29) is 6.04 Å². The molecule has 0 heterocycles. The molecular weight excluding hydrogens is 250 g/mol. The minimum Gasteiger partial charge on any atom is -0.480 e. The Labute approximate surface area is 111 Å². The Bertz CT molecular complexity index is 359. The number of carbonyl (C=O) groups is 3. The average Bonchev–Trinajstić information content (AvgIpc) is 2.30. The quantitative estimate of drug-likeness (QED) is 0.570. The van der Waals surface area contributed by atoms with Crippen molar-refractivity contribution in [3.05, 3.63) is 0 Å². The Morgan fingerprint density at radius 2 is 1.95 bits per heavy atom. The van der Waals surface area contributed by atoms with Crippen molar-refractivity contribution in [1.29, 1.82) is 0 Å². The first-order valence-electron chi connectivity index (χ1n) is 6.48. The third-order valence-corrected chi connectivity index (χ3v) is 3.44. The number of amides is 3. The van der Waals surface area contributed by atoms with E-state index in [1.54, 1.807) is 0 Å². The lowest BCUT2D eigenvalue weighted by Gasteiger charge is -2.29. The van der Waals surface area contributed by atoms with E-state index < -0.39 is 30.4 Å². The van der Waals surface area contributed by atoms with Crippen LogP contribution in [0.25, 0.3) is 0 Å². The van der Waals surface area contributed by atoms with Gasteiger partial charge in [-0.3, -0.25) is 4.79 Å². The largest absolute Gasteiger partial charge is 0.480 e. The Hall–Kier alpha value is -1.79. The van der Waals surface area contributed by atoms with Crippen LogP contribution in [0.1, 0.15) is 39.0 Å². The summed E-state index contributed by atoms with van der Waals surface area (Å²) >= 11 is 0. The van der Waals surface area contributed by atoms with Gasteiger partial charge in [0.15, 0.2) is 0 Å². The fourth-order valence-corrected chi connectivity index (χ4v) is 2.30. The van der Waals surface area contributed by atoms with Gasteiger partial charge in [-0.15, -0.1) is 0 Å². The van der Waals surface area contributed by atoms with Crippen LogP contribution >= 0.6 is 0 Å². The molecule has 0 aliphatic heterocycles. The highest BCUT2D eigenvalue weighted by Crippen LogP contribution is 2.23. The topological polar surface area (TPSA) is 122 Å². The van der Waals surface area contributed by atoms with Crippen molar-refractivity contribution in [2.75, 3.05) is 0 Å². The molecule has 0 saturated heterocycles. The molecule has 3 atom stereocenters. The second-order valence-electron chi connectivity index (χ2n) is 5.05. The van der Waals surface area contributed by atoms with Gasteiger partial charge in [-0.2, -0.15) is 0 Å². The normalized spacial score (nSPS) is 24.3. The predicted octanol–water partition coefficient (Wildman–Crippen LogP) is 0.193. The molecule has 7 nitrogen and oxygen atoms in total. The van der Waals surface area contributed by atoms with Gasteiger partial charge in [-0.05, 0) is 18.8 Å². The van der Waals surface area contributed by atoms with Crippen LogP contribution in [0, 0.1) is 5.92 Å². The van der Waals surface area contributed by atoms with Crippen LogP contribution in [0.15, 0.2) is 0 Å². The van der Waals surface area contributed by atoms with E-state index >= 15 is 0 Å². The fourth-order valence-electron chi connectivity index (χ4n) is 2.30. The maximum atomic E-state index is 11.7. The number of carboxylic acids is 1. The number of carboxylic acid groups (broad SMARTS) is 1. The lowest BCUT2D eigenvalue weighted by atomic mass is 9.86. The first kappa shape index (κ1) is 15.3. The molecule has 5 N–H and O–H groups in total. The summed E-state index contributed by atoms with van der Waals surface area (Å²) in [6, 6.07) is -1.79. The summed E-state index contributed by atoms with van der Waals surface area (Å²) in [4.78, 5) is 33.3. The van der Waals surface area contributed by atoms with Gasteiger partial charge >= 0.3 is 12.0 Å². The zero-order chi connectivity index (χ0) is 14.4. The lowest BCUT2D eigenvalue weighted by molar-refractivity contribution is -0.140. The molecule has 0 aromatic heterocycles. The first-order valence-corrected chi connectivity index (χ1v) is 6.48. The second kappa shape index (κ2) is 6.96. The summed E-state index contributed by atoms with van der Waals surface area (Å²) in [5.41, 5.74) is 4.94. The molecule has 1 fully saturated rings. The molecule has 0 spiro atoms. The van der Waals surface area contributed by atoms with E-state index in [9.17, 15) is 14.4 Å². The molecule has 2 unspecified atom stereocenters. The molecule has 1 aliphatic rings. The highest BCUT2D eigenvalue weighted by molar-refractivity contribution is 5.87. The molecule has 0 aromatic rings. The highest BCUT2D eigenvalue weighted by atomic mass is 16.4. The molecule has 7 heteroatoms. The van der Waals surface area contributed by atoms with E-state index in [2.05, 4.69) is 17.6 Å². The minimum absolute atomic E-state index is 0.0526. The number of primary amides is 1. The number of urea groups is 1. The van der Waals surface area contributed by atoms with Gasteiger partial charge in [-0.1, -0.05) is 19.8 Å². The molecular formula is C12H21N3O4. The molecule has 0 aromatic carbocycles. The van der Waals surface area contributed by atoms with E-state index in [1.165, 1.54) is 0 Å². The van der Waals surface area contributed by atoms with Crippen LogP contribution in [0.3, 0.4) is 0 Å². The number of rotatable bonds is 5. The second-order valence-corrected chi connectivity index (χ2v) is 5.05. The van der Waals surface area contributed by atoms with Crippen LogP contribution < -0.4 is 16.4 Å². The smallest absolute Gasteiger partial charge is 0.326 e.